The van der Waals surface area contributed by atoms with Gasteiger partial charge >= 0.3 is 0 Å². The number of para-hydroxylation sites is 1. The minimum atomic E-state index is -4.08. The van der Waals surface area contributed by atoms with Gasteiger partial charge in [0, 0.05) is 6.07 Å². The molecular formula is C22H21FN2O4S. The van der Waals surface area contributed by atoms with Gasteiger partial charge in [0.1, 0.15) is 0 Å². The highest BCUT2D eigenvalue weighted by atomic mass is 32.2. The van der Waals surface area contributed by atoms with Gasteiger partial charge in [-0.3, -0.25) is 9.52 Å². The number of nitrogens with one attached hydrogen (secondary N) is 2. The van der Waals surface area contributed by atoms with Crippen molar-refractivity contribution in [3.63, 3.8) is 0 Å². The molecule has 0 heterocycles. The summed E-state index contributed by atoms with van der Waals surface area (Å²) in [4.78, 5) is 12.6. The number of amides is 1. The molecule has 0 aromatic heterocycles. The quantitative estimate of drug-likeness (QED) is 0.593. The number of hydrogen-bond donors (Lipinski definition) is 2. The van der Waals surface area contributed by atoms with Crippen molar-refractivity contribution in [1.29, 1.82) is 0 Å². The van der Waals surface area contributed by atoms with Gasteiger partial charge in [-0.1, -0.05) is 42.5 Å². The minimum Gasteiger partial charge on any atom is -0.494 e. The van der Waals surface area contributed by atoms with Crippen LogP contribution in [0.3, 0.4) is 0 Å². The summed E-state index contributed by atoms with van der Waals surface area (Å²) in [5.41, 5.74) is 1.19. The number of carbonyl (C=O) groups is 1. The highest BCUT2D eigenvalue weighted by Crippen LogP contribution is 2.25. The predicted molar refractivity (Wildman–Crippen MR) is 113 cm³/mol. The third-order valence-electron chi connectivity index (χ3n) is 4.50. The van der Waals surface area contributed by atoms with Crippen LogP contribution in [-0.4, -0.2) is 21.4 Å². The zero-order valence-electron chi connectivity index (χ0n) is 16.4. The first-order chi connectivity index (χ1) is 14.3. The van der Waals surface area contributed by atoms with Crippen molar-refractivity contribution >= 4 is 21.6 Å². The lowest BCUT2D eigenvalue weighted by atomic mass is 10.1. The molecule has 0 aliphatic rings. The van der Waals surface area contributed by atoms with Gasteiger partial charge in [-0.2, -0.15) is 0 Å². The van der Waals surface area contributed by atoms with Crippen molar-refractivity contribution in [3.8, 4) is 5.75 Å². The minimum absolute atomic E-state index is 0.110. The van der Waals surface area contributed by atoms with E-state index in [1.165, 1.54) is 19.2 Å². The van der Waals surface area contributed by atoms with Crippen molar-refractivity contribution in [2.24, 2.45) is 0 Å². The van der Waals surface area contributed by atoms with Crippen LogP contribution in [0.1, 0.15) is 28.9 Å². The molecular weight excluding hydrogens is 407 g/mol. The first-order valence-electron chi connectivity index (χ1n) is 9.13. The molecule has 30 heavy (non-hydrogen) atoms. The number of hydrogen-bond acceptors (Lipinski definition) is 4. The topological polar surface area (TPSA) is 84.5 Å². The van der Waals surface area contributed by atoms with E-state index in [9.17, 15) is 17.6 Å². The fourth-order valence-electron chi connectivity index (χ4n) is 2.88. The maximum absolute atomic E-state index is 13.6. The Labute approximate surface area is 174 Å². The van der Waals surface area contributed by atoms with Crippen LogP contribution in [0.15, 0.2) is 77.7 Å². The van der Waals surface area contributed by atoms with Gasteiger partial charge in [0.15, 0.2) is 11.6 Å². The third-order valence-corrected chi connectivity index (χ3v) is 5.86. The molecule has 8 heteroatoms. The van der Waals surface area contributed by atoms with E-state index >= 15 is 0 Å². The first-order valence-corrected chi connectivity index (χ1v) is 10.6. The lowest BCUT2D eigenvalue weighted by Crippen LogP contribution is -2.28. The summed E-state index contributed by atoms with van der Waals surface area (Å²) in [6, 6.07) is 18.6. The molecule has 0 aliphatic carbocycles. The van der Waals surface area contributed by atoms with Crippen molar-refractivity contribution in [2.45, 2.75) is 17.9 Å². The zero-order valence-corrected chi connectivity index (χ0v) is 17.2. The maximum atomic E-state index is 13.6. The van der Waals surface area contributed by atoms with E-state index in [-0.39, 0.29) is 27.9 Å². The number of ether oxygens (including phenoxy) is 1. The van der Waals surface area contributed by atoms with Crippen LogP contribution in [0, 0.1) is 5.82 Å². The Kier molecular flexibility index (Phi) is 6.37. The van der Waals surface area contributed by atoms with Gasteiger partial charge in [0.2, 0.25) is 0 Å². The Morgan fingerprint density at radius 2 is 1.67 bits per heavy atom. The molecule has 0 bridgehead atoms. The van der Waals surface area contributed by atoms with Gasteiger partial charge in [0.05, 0.1) is 29.3 Å². The van der Waals surface area contributed by atoms with E-state index in [2.05, 4.69) is 10.0 Å². The van der Waals surface area contributed by atoms with Crippen molar-refractivity contribution in [3.05, 3.63) is 89.7 Å². The normalized spacial score (nSPS) is 12.1. The van der Waals surface area contributed by atoms with Crippen LogP contribution in [0.4, 0.5) is 10.1 Å². The maximum Gasteiger partial charge on any atom is 0.262 e. The van der Waals surface area contributed by atoms with Crippen LogP contribution in [0.2, 0.25) is 0 Å². The monoisotopic (exact) mass is 428 g/mol. The van der Waals surface area contributed by atoms with Crippen molar-refractivity contribution in [1.82, 2.24) is 5.32 Å². The highest BCUT2D eigenvalue weighted by Gasteiger charge is 2.21. The zero-order chi connectivity index (χ0) is 21.7. The van der Waals surface area contributed by atoms with E-state index < -0.39 is 21.7 Å². The number of sulfonamides is 1. The molecule has 0 aliphatic heterocycles. The molecule has 0 spiro atoms. The van der Waals surface area contributed by atoms with Gasteiger partial charge in [-0.15, -0.1) is 0 Å². The Morgan fingerprint density at radius 3 is 2.37 bits per heavy atom. The molecule has 1 atom stereocenters. The SMILES string of the molecule is COc1cc(S(=O)(=O)Nc2ccccc2C(=O)N[C@@H](C)c2ccccc2)ccc1F. The van der Waals surface area contributed by atoms with Crippen LogP contribution >= 0.6 is 0 Å². The van der Waals surface area contributed by atoms with Gasteiger partial charge in [0.25, 0.3) is 15.9 Å². The second-order valence-electron chi connectivity index (χ2n) is 6.55. The second-order valence-corrected chi connectivity index (χ2v) is 8.24. The van der Waals surface area contributed by atoms with Crippen LogP contribution in [0.25, 0.3) is 0 Å². The number of halogens is 1. The summed E-state index contributed by atoms with van der Waals surface area (Å²) in [7, 11) is -2.83. The number of carbonyl (C=O) groups excluding carboxylic acids is 1. The van der Waals surface area contributed by atoms with E-state index in [1.54, 1.807) is 12.1 Å². The lowest BCUT2D eigenvalue weighted by molar-refractivity contribution is 0.0941. The van der Waals surface area contributed by atoms with E-state index in [1.807, 2.05) is 37.3 Å². The lowest BCUT2D eigenvalue weighted by Gasteiger charge is -2.17. The van der Waals surface area contributed by atoms with Crippen molar-refractivity contribution in [2.75, 3.05) is 11.8 Å². The molecule has 3 aromatic carbocycles. The summed E-state index contributed by atoms with van der Waals surface area (Å²) >= 11 is 0. The number of rotatable bonds is 7. The van der Waals surface area contributed by atoms with Crippen LogP contribution < -0.4 is 14.8 Å². The van der Waals surface area contributed by atoms with Crippen molar-refractivity contribution < 1.29 is 22.3 Å². The Balaban J connectivity index is 1.85. The predicted octanol–water partition coefficient (Wildman–Crippen LogP) is 4.13. The molecule has 3 rings (SSSR count). The molecule has 2 N–H and O–H groups in total. The standard InChI is InChI=1S/C22H21FN2O4S/c1-15(16-8-4-3-5-9-16)24-22(26)18-10-6-7-11-20(18)25-30(27,28)17-12-13-19(23)21(14-17)29-2/h3-15,25H,1-2H3,(H,24,26)/t15-/m0/s1. The summed E-state index contributed by atoms with van der Waals surface area (Å²) in [6.07, 6.45) is 0. The first kappa shape index (κ1) is 21.3. The van der Waals surface area contributed by atoms with E-state index in [0.29, 0.717) is 0 Å². The Bertz CT molecular complexity index is 1150. The average molecular weight is 428 g/mol. The fourth-order valence-corrected chi connectivity index (χ4v) is 3.98. The van der Waals surface area contributed by atoms with Gasteiger partial charge in [-0.05, 0) is 36.8 Å². The van der Waals surface area contributed by atoms with Gasteiger partial charge < -0.3 is 10.1 Å². The largest absolute Gasteiger partial charge is 0.494 e. The highest BCUT2D eigenvalue weighted by molar-refractivity contribution is 7.92. The van der Waals surface area contributed by atoms with E-state index in [4.69, 9.17) is 4.74 Å². The summed E-state index contributed by atoms with van der Waals surface area (Å²) in [5.74, 6) is -1.30. The molecule has 0 unspecified atom stereocenters. The summed E-state index contributed by atoms with van der Waals surface area (Å²) in [6.45, 7) is 1.84. The molecule has 0 radical (unpaired) electrons. The molecule has 3 aromatic rings. The Morgan fingerprint density at radius 1 is 1.00 bits per heavy atom. The van der Waals surface area contributed by atoms with Crippen LogP contribution in [-0.2, 0) is 10.0 Å². The molecule has 0 fully saturated rings. The number of anilines is 1. The molecule has 0 saturated carbocycles. The number of methoxy groups -OCH3 is 1. The smallest absolute Gasteiger partial charge is 0.262 e. The average Bonchev–Trinajstić information content (AvgIpc) is 2.74. The van der Waals surface area contributed by atoms with Gasteiger partial charge in [-0.25, -0.2) is 12.8 Å². The Hall–Kier alpha value is -3.39. The summed E-state index contributed by atoms with van der Waals surface area (Å²) in [5, 5.41) is 2.86. The van der Waals surface area contributed by atoms with E-state index in [0.717, 1.165) is 23.8 Å². The third kappa shape index (κ3) is 4.77. The molecule has 6 nitrogen and oxygen atoms in total. The molecule has 156 valence electrons. The number of benzene rings is 3. The molecule has 0 saturated heterocycles. The second kappa shape index (κ2) is 8.96. The fraction of sp³-hybridized carbons (Fsp3) is 0.136. The van der Waals surface area contributed by atoms with Crippen LogP contribution in [0.5, 0.6) is 5.75 Å². The molecule has 1 amide bonds. The summed E-state index contributed by atoms with van der Waals surface area (Å²) < 4.78 is 46.4.